The third kappa shape index (κ3) is 3.43. The second-order valence-corrected chi connectivity index (χ2v) is 6.62. The van der Waals surface area contributed by atoms with Gasteiger partial charge >= 0.3 is 0 Å². The summed E-state index contributed by atoms with van der Waals surface area (Å²) in [4.78, 5) is 17.4. The lowest BCUT2D eigenvalue weighted by molar-refractivity contribution is 0.0941. The smallest absolute Gasteiger partial charge is 0.253 e. The van der Waals surface area contributed by atoms with Crippen LogP contribution in [0, 0.1) is 11.6 Å². The number of nitrogens with one attached hydrogen (secondary N) is 2. The van der Waals surface area contributed by atoms with Crippen LogP contribution in [0.2, 0.25) is 0 Å². The maximum absolute atomic E-state index is 14.0. The Hall–Kier alpha value is -3.15. The number of para-hydroxylation sites is 1. The van der Waals surface area contributed by atoms with Crippen molar-refractivity contribution in [2.75, 3.05) is 18.0 Å². The van der Waals surface area contributed by atoms with Crippen LogP contribution in [0.5, 0.6) is 0 Å². The Labute approximate surface area is 155 Å². The average molecular weight is 367 g/mol. The third-order valence-corrected chi connectivity index (χ3v) is 4.85. The van der Waals surface area contributed by atoms with Gasteiger partial charge in [-0.2, -0.15) is 0 Å². The molecule has 1 aromatic heterocycles. The highest BCUT2D eigenvalue weighted by molar-refractivity contribution is 6.01. The number of nitrogens with zero attached hydrogens (tertiary/aromatic N) is 1. The first-order chi connectivity index (χ1) is 13.1. The first-order valence-electron chi connectivity index (χ1n) is 8.85. The number of H-pyrrole nitrogens is 1. The first-order valence-corrected chi connectivity index (χ1v) is 8.85. The van der Waals surface area contributed by atoms with Gasteiger partial charge in [-0.15, -0.1) is 0 Å². The van der Waals surface area contributed by atoms with E-state index in [1.54, 1.807) is 17.3 Å². The molecule has 27 heavy (non-hydrogen) atoms. The molecule has 0 bridgehead atoms. The maximum atomic E-state index is 14.0. The lowest BCUT2D eigenvalue weighted by Crippen LogP contribution is -2.37. The molecule has 1 atom stereocenters. The molecule has 0 aliphatic carbocycles. The molecule has 0 spiro atoms. The van der Waals surface area contributed by atoms with Crippen LogP contribution in [0.1, 0.15) is 16.8 Å². The maximum Gasteiger partial charge on any atom is 0.253 e. The van der Waals surface area contributed by atoms with Gasteiger partial charge in [0, 0.05) is 37.1 Å². The summed E-state index contributed by atoms with van der Waals surface area (Å²) in [6, 6.07) is 13.3. The van der Waals surface area contributed by atoms with E-state index in [4.69, 9.17) is 0 Å². The van der Waals surface area contributed by atoms with E-state index >= 15 is 0 Å². The van der Waals surface area contributed by atoms with Gasteiger partial charge in [-0.25, -0.2) is 8.78 Å². The highest BCUT2D eigenvalue weighted by Gasteiger charge is 2.28. The summed E-state index contributed by atoms with van der Waals surface area (Å²) in [5.74, 6) is -1.37. The number of aromatic amines is 1. The van der Waals surface area contributed by atoms with Crippen molar-refractivity contribution in [3.63, 3.8) is 0 Å². The Kier molecular flexibility index (Phi) is 4.62. The highest BCUT2D eigenvalue weighted by Crippen LogP contribution is 2.27. The Morgan fingerprint density at radius 1 is 1.04 bits per heavy atom. The number of halogens is 2. The Morgan fingerprint density at radius 3 is 2.52 bits per heavy atom. The molecule has 138 valence electrons. The molecule has 0 radical (unpaired) electrons. The zero-order valence-corrected chi connectivity index (χ0v) is 14.6. The van der Waals surface area contributed by atoms with Crippen LogP contribution in [0.15, 0.2) is 60.9 Å². The number of anilines is 1. The van der Waals surface area contributed by atoms with Crippen LogP contribution < -0.4 is 10.2 Å². The molecule has 1 aliphatic rings. The molecule has 2 N–H and O–H groups in total. The number of hydrogen-bond donors (Lipinski definition) is 2. The van der Waals surface area contributed by atoms with Gasteiger partial charge in [0.1, 0.15) is 17.3 Å². The van der Waals surface area contributed by atoms with Crippen molar-refractivity contribution >= 4 is 11.6 Å². The van der Waals surface area contributed by atoms with Gasteiger partial charge in [0.25, 0.3) is 5.91 Å². The molecule has 4 rings (SSSR count). The Balaban J connectivity index is 1.47. The van der Waals surface area contributed by atoms with Crippen molar-refractivity contribution in [3.05, 3.63) is 78.1 Å². The number of carbonyl (C=O) groups is 1. The van der Waals surface area contributed by atoms with Gasteiger partial charge < -0.3 is 15.2 Å². The fourth-order valence-electron chi connectivity index (χ4n) is 3.54. The van der Waals surface area contributed by atoms with E-state index in [9.17, 15) is 13.6 Å². The highest BCUT2D eigenvalue weighted by atomic mass is 19.1. The summed E-state index contributed by atoms with van der Waals surface area (Å²) >= 11 is 0. The summed E-state index contributed by atoms with van der Waals surface area (Å²) < 4.78 is 28.0. The summed E-state index contributed by atoms with van der Waals surface area (Å²) in [6.07, 6.45) is 4.09. The number of rotatable bonds is 4. The van der Waals surface area contributed by atoms with Crippen LogP contribution in [-0.4, -0.2) is 30.0 Å². The molecular formula is C21H19F2N3O. The van der Waals surface area contributed by atoms with Gasteiger partial charge in [-0.3, -0.25) is 4.79 Å². The molecule has 2 heterocycles. The monoisotopic (exact) mass is 367 g/mol. The van der Waals surface area contributed by atoms with Crippen LogP contribution in [0.25, 0.3) is 11.1 Å². The van der Waals surface area contributed by atoms with Gasteiger partial charge in [0.15, 0.2) is 0 Å². The Morgan fingerprint density at radius 2 is 1.78 bits per heavy atom. The summed E-state index contributed by atoms with van der Waals surface area (Å²) in [7, 11) is 0. The topological polar surface area (TPSA) is 48.1 Å². The fourth-order valence-corrected chi connectivity index (χ4v) is 3.54. The van der Waals surface area contributed by atoms with Crippen molar-refractivity contribution in [1.29, 1.82) is 0 Å². The minimum absolute atomic E-state index is 0.0270. The van der Waals surface area contributed by atoms with E-state index in [1.165, 1.54) is 18.2 Å². The summed E-state index contributed by atoms with van der Waals surface area (Å²) in [6.45, 7) is 0.857. The molecule has 1 saturated heterocycles. The SMILES string of the molecule is O=C(NC1CCN(c2c(F)cccc2F)C1)c1c[nH]cc1-c1ccccc1. The molecular weight excluding hydrogens is 348 g/mol. The largest absolute Gasteiger partial charge is 0.366 e. The number of aromatic nitrogens is 1. The first kappa shape index (κ1) is 17.3. The van der Waals surface area contributed by atoms with Gasteiger partial charge in [0.2, 0.25) is 0 Å². The quantitative estimate of drug-likeness (QED) is 0.733. The van der Waals surface area contributed by atoms with E-state index in [0.717, 1.165) is 11.1 Å². The van der Waals surface area contributed by atoms with Crippen molar-refractivity contribution in [1.82, 2.24) is 10.3 Å². The number of hydrogen-bond acceptors (Lipinski definition) is 2. The lowest BCUT2D eigenvalue weighted by atomic mass is 10.0. The van der Waals surface area contributed by atoms with E-state index in [2.05, 4.69) is 10.3 Å². The third-order valence-electron chi connectivity index (χ3n) is 4.85. The van der Waals surface area contributed by atoms with E-state index in [0.29, 0.717) is 25.1 Å². The predicted molar refractivity (Wildman–Crippen MR) is 101 cm³/mol. The number of amides is 1. The number of carbonyl (C=O) groups excluding carboxylic acids is 1. The van der Waals surface area contributed by atoms with Gasteiger partial charge in [-0.1, -0.05) is 36.4 Å². The van der Waals surface area contributed by atoms with Gasteiger partial charge in [0.05, 0.1) is 5.56 Å². The van der Waals surface area contributed by atoms with E-state index in [-0.39, 0.29) is 17.6 Å². The van der Waals surface area contributed by atoms with Crippen molar-refractivity contribution in [2.24, 2.45) is 0 Å². The second kappa shape index (κ2) is 7.23. The van der Waals surface area contributed by atoms with Crippen LogP contribution in [-0.2, 0) is 0 Å². The van der Waals surface area contributed by atoms with Gasteiger partial charge in [-0.05, 0) is 24.1 Å². The fraction of sp³-hybridized carbons (Fsp3) is 0.190. The van der Waals surface area contributed by atoms with Crippen molar-refractivity contribution in [2.45, 2.75) is 12.5 Å². The average Bonchev–Trinajstić information content (AvgIpc) is 3.32. The van der Waals surface area contributed by atoms with E-state index < -0.39 is 11.6 Å². The molecule has 1 amide bonds. The summed E-state index contributed by atoms with van der Waals surface area (Å²) in [5, 5.41) is 2.98. The standard InChI is InChI=1S/C21H19F2N3O/c22-18-7-4-8-19(23)20(18)26-10-9-15(13-26)25-21(27)17-12-24-11-16(17)14-5-2-1-3-6-14/h1-8,11-12,15,24H,9-10,13H2,(H,25,27). The summed E-state index contributed by atoms with van der Waals surface area (Å²) in [5.41, 5.74) is 2.30. The lowest BCUT2D eigenvalue weighted by Gasteiger charge is -2.20. The van der Waals surface area contributed by atoms with Crippen molar-refractivity contribution in [3.8, 4) is 11.1 Å². The van der Waals surface area contributed by atoms with E-state index in [1.807, 2.05) is 30.3 Å². The van der Waals surface area contributed by atoms with Crippen LogP contribution >= 0.6 is 0 Å². The van der Waals surface area contributed by atoms with Crippen molar-refractivity contribution < 1.29 is 13.6 Å². The molecule has 1 aliphatic heterocycles. The minimum Gasteiger partial charge on any atom is -0.366 e. The molecule has 2 aromatic carbocycles. The molecule has 1 fully saturated rings. The zero-order chi connectivity index (χ0) is 18.8. The molecule has 3 aromatic rings. The second-order valence-electron chi connectivity index (χ2n) is 6.62. The predicted octanol–water partition coefficient (Wildman–Crippen LogP) is 3.97. The zero-order valence-electron chi connectivity index (χ0n) is 14.6. The molecule has 1 unspecified atom stereocenters. The molecule has 0 saturated carbocycles. The number of benzene rings is 2. The Bertz CT molecular complexity index is 935. The van der Waals surface area contributed by atoms with Crippen LogP contribution in [0.4, 0.5) is 14.5 Å². The normalized spacial score (nSPS) is 16.5. The minimum atomic E-state index is -0.584. The molecule has 4 nitrogen and oxygen atoms in total. The van der Waals surface area contributed by atoms with Crippen LogP contribution in [0.3, 0.4) is 0 Å². The molecule has 6 heteroatoms.